The normalized spacial score (nSPS) is 12.9. The summed E-state index contributed by atoms with van der Waals surface area (Å²) >= 11 is 3.45. The van der Waals surface area contributed by atoms with E-state index in [0.717, 1.165) is 17.3 Å². The Morgan fingerprint density at radius 3 is 2.69 bits per heavy atom. The highest BCUT2D eigenvalue weighted by molar-refractivity contribution is 9.10. The van der Waals surface area contributed by atoms with Gasteiger partial charge >= 0.3 is 0 Å². The van der Waals surface area contributed by atoms with Gasteiger partial charge in [-0.2, -0.15) is 0 Å². The highest BCUT2D eigenvalue weighted by Gasteiger charge is 2.00. The smallest absolute Gasteiger partial charge is 0.0178 e. The molecule has 0 aliphatic rings. The molecule has 0 aliphatic carbocycles. The summed E-state index contributed by atoms with van der Waals surface area (Å²) in [5.74, 6) is 0. The lowest BCUT2D eigenvalue weighted by atomic mass is 10.0. The van der Waals surface area contributed by atoms with E-state index in [1.165, 1.54) is 11.1 Å². The highest BCUT2D eigenvalue weighted by Crippen LogP contribution is 2.17. The summed E-state index contributed by atoms with van der Waals surface area (Å²) in [5.41, 5.74) is 8.46. The molecule has 1 nitrogen and oxygen atoms in total. The van der Waals surface area contributed by atoms with Gasteiger partial charge in [0.15, 0.2) is 0 Å². The second kappa shape index (κ2) is 4.77. The van der Waals surface area contributed by atoms with Gasteiger partial charge in [0.2, 0.25) is 0 Å². The van der Waals surface area contributed by atoms with Gasteiger partial charge in [-0.15, -0.1) is 0 Å². The van der Waals surface area contributed by atoms with E-state index in [-0.39, 0.29) is 0 Å². The fraction of sp³-hybridized carbons (Fsp3) is 0.455. The van der Waals surface area contributed by atoms with Gasteiger partial charge in [0, 0.05) is 10.5 Å². The van der Waals surface area contributed by atoms with Crippen LogP contribution in [-0.4, -0.2) is 6.04 Å². The molecule has 72 valence electrons. The second-order valence-electron chi connectivity index (χ2n) is 3.59. The van der Waals surface area contributed by atoms with Crippen LogP contribution < -0.4 is 5.73 Å². The zero-order chi connectivity index (χ0) is 9.84. The Balaban J connectivity index is 2.67. The molecule has 0 bridgehead atoms. The number of rotatable bonds is 3. The van der Waals surface area contributed by atoms with E-state index in [1.807, 2.05) is 6.92 Å². The number of aryl methyl sites for hydroxylation is 2. The molecule has 1 aromatic rings. The summed E-state index contributed by atoms with van der Waals surface area (Å²) < 4.78 is 1.15. The van der Waals surface area contributed by atoms with Crippen LogP contribution in [0.15, 0.2) is 22.7 Å². The number of hydrogen-bond donors (Lipinski definition) is 1. The van der Waals surface area contributed by atoms with Gasteiger partial charge in [-0.1, -0.05) is 22.0 Å². The van der Waals surface area contributed by atoms with Crippen molar-refractivity contribution in [3.8, 4) is 0 Å². The molecule has 1 rings (SSSR count). The summed E-state index contributed by atoms with van der Waals surface area (Å²) in [7, 11) is 0. The summed E-state index contributed by atoms with van der Waals surface area (Å²) in [6.07, 6.45) is 2.14. The van der Waals surface area contributed by atoms with Crippen molar-refractivity contribution in [1.29, 1.82) is 0 Å². The Bertz CT molecular complexity index is 281. The van der Waals surface area contributed by atoms with Gasteiger partial charge in [0.25, 0.3) is 0 Å². The molecule has 1 aromatic carbocycles. The molecule has 0 spiro atoms. The lowest BCUT2D eigenvalue weighted by Crippen LogP contribution is -2.15. The van der Waals surface area contributed by atoms with Crippen LogP contribution in [-0.2, 0) is 6.42 Å². The minimum atomic E-state index is 0.294. The van der Waals surface area contributed by atoms with Crippen LogP contribution in [0.2, 0.25) is 0 Å². The zero-order valence-corrected chi connectivity index (χ0v) is 9.76. The van der Waals surface area contributed by atoms with Gasteiger partial charge in [0.05, 0.1) is 0 Å². The Labute approximate surface area is 88.5 Å². The molecule has 1 atom stereocenters. The minimum Gasteiger partial charge on any atom is -0.328 e. The number of benzene rings is 1. The Hall–Kier alpha value is -0.340. The van der Waals surface area contributed by atoms with Crippen LogP contribution in [0.5, 0.6) is 0 Å². The monoisotopic (exact) mass is 241 g/mol. The maximum absolute atomic E-state index is 5.71. The molecule has 2 heteroatoms. The van der Waals surface area contributed by atoms with Crippen molar-refractivity contribution in [3.05, 3.63) is 33.8 Å². The fourth-order valence-corrected chi connectivity index (χ4v) is 1.80. The molecule has 0 fully saturated rings. The van der Waals surface area contributed by atoms with Crippen molar-refractivity contribution in [3.63, 3.8) is 0 Å². The minimum absolute atomic E-state index is 0.294. The number of halogens is 1. The molecule has 0 unspecified atom stereocenters. The average molecular weight is 242 g/mol. The van der Waals surface area contributed by atoms with Gasteiger partial charge in [-0.25, -0.2) is 0 Å². The molecule has 0 amide bonds. The SMILES string of the molecule is Cc1cc(Br)ccc1CC[C@@H](C)N. The Morgan fingerprint density at radius 2 is 2.15 bits per heavy atom. The zero-order valence-electron chi connectivity index (χ0n) is 8.18. The molecule has 0 aromatic heterocycles. The summed E-state index contributed by atoms with van der Waals surface area (Å²) in [4.78, 5) is 0. The highest BCUT2D eigenvalue weighted by atomic mass is 79.9. The molecule has 0 saturated carbocycles. The molecular formula is C11H16BrN. The molecule has 0 heterocycles. The predicted molar refractivity (Wildman–Crippen MR) is 60.8 cm³/mol. The summed E-state index contributed by atoms with van der Waals surface area (Å²) in [6, 6.07) is 6.70. The van der Waals surface area contributed by atoms with Crippen LogP contribution in [0.3, 0.4) is 0 Å². The van der Waals surface area contributed by atoms with E-state index in [0.29, 0.717) is 6.04 Å². The van der Waals surface area contributed by atoms with E-state index in [1.54, 1.807) is 0 Å². The second-order valence-corrected chi connectivity index (χ2v) is 4.50. The third-order valence-corrected chi connectivity index (χ3v) is 2.67. The van der Waals surface area contributed by atoms with Crippen molar-refractivity contribution in [1.82, 2.24) is 0 Å². The first kappa shape index (κ1) is 10.7. The third kappa shape index (κ3) is 3.49. The molecule has 2 N–H and O–H groups in total. The lowest BCUT2D eigenvalue weighted by Gasteiger charge is -2.08. The van der Waals surface area contributed by atoms with Crippen LogP contribution in [0.4, 0.5) is 0 Å². The average Bonchev–Trinajstić information content (AvgIpc) is 2.02. The van der Waals surface area contributed by atoms with Crippen LogP contribution in [0.25, 0.3) is 0 Å². The molecule has 0 saturated heterocycles. The first-order valence-electron chi connectivity index (χ1n) is 4.60. The Kier molecular flexibility index (Phi) is 3.94. The maximum Gasteiger partial charge on any atom is 0.0178 e. The van der Waals surface area contributed by atoms with Crippen molar-refractivity contribution in [2.45, 2.75) is 32.7 Å². The quantitative estimate of drug-likeness (QED) is 0.866. The summed E-state index contributed by atoms with van der Waals surface area (Å²) in [5, 5.41) is 0. The molecule has 13 heavy (non-hydrogen) atoms. The predicted octanol–water partition coefficient (Wildman–Crippen LogP) is 3.04. The lowest BCUT2D eigenvalue weighted by molar-refractivity contribution is 0.664. The van der Waals surface area contributed by atoms with Gasteiger partial charge in [0.1, 0.15) is 0 Å². The molecule has 0 radical (unpaired) electrons. The largest absolute Gasteiger partial charge is 0.328 e. The van der Waals surface area contributed by atoms with Crippen LogP contribution in [0, 0.1) is 6.92 Å². The van der Waals surface area contributed by atoms with E-state index in [2.05, 4.69) is 41.1 Å². The Morgan fingerprint density at radius 1 is 1.46 bits per heavy atom. The van der Waals surface area contributed by atoms with Crippen molar-refractivity contribution in [2.24, 2.45) is 5.73 Å². The molecular weight excluding hydrogens is 226 g/mol. The van der Waals surface area contributed by atoms with Crippen LogP contribution >= 0.6 is 15.9 Å². The fourth-order valence-electron chi connectivity index (χ4n) is 1.32. The van der Waals surface area contributed by atoms with E-state index >= 15 is 0 Å². The van der Waals surface area contributed by atoms with Gasteiger partial charge < -0.3 is 5.73 Å². The van der Waals surface area contributed by atoms with Gasteiger partial charge in [-0.05, 0) is 49.9 Å². The first-order valence-corrected chi connectivity index (χ1v) is 5.39. The van der Waals surface area contributed by atoms with Crippen molar-refractivity contribution < 1.29 is 0 Å². The number of nitrogens with two attached hydrogens (primary N) is 1. The topological polar surface area (TPSA) is 26.0 Å². The van der Waals surface area contributed by atoms with Crippen LogP contribution in [0.1, 0.15) is 24.5 Å². The van der Waals surface area contributed by atoms with Crippen molar-refractivity contribution >= 4 is 15.9 Å². The van der Waals surface area contributed by atoms with E-state index < -0.39 is 0 Å². The van der Waals surface area contributed by atoms with E-state index in [9.17, 15) is 0 Å². The standard InChI is InChI=1S/C11H16BrN/c1-8-7-11(12)6-5-10(8)4-3-9(2)13/h5-7,9H,3-4,13H2,1-2H3/t9-/m1/s1. The van der Waals surface area contributed by atoms with Crippen molar-refractivity contribution in [2.75, 3.05) is 0 Å². The number of hydrogen-bond acceptors (Lipinski definition) is 1. The third-order valence-electron chi connectivity index (χ3n) is 2.17. The maximum atomic E-state index is 5.71. The summed E-state index contributed by atoms with van der Waals surface area (Å²) in [6.45, 7) is 4.19. The molecule has 0 aliphatic heterocycles. The first-order chi connectivity index (χ1) is 6.09. The van der Waals surface area contributed by atoms with Gasteiger partial charge in [-0.3, -0.25) is 0 Å². The van der Waals surface area contributed by atoms with E-state index in [4.69, 9.17) is 5.73 Å².